The highest BCUT2D eigenvalue weighted by molar-refractivity contribution is 7.89. The van der Waals surface area contributed by atoms with E-state index in [1.54, 1.807) is 12.1 Å². The van der Waals surface area contributed by atoms with Crippen molar-refractivity contribution in [2.45, 2.75) is 42.7 Å². The molecule has 1 aromatic carbocycles. The lowest BCUT2D eigenvalue weighted by atomic mass is 9.93. The number of ether oxygens (including phenoxy) is 1. The van der Waals surface area contributed by atoms with Gasteiger partial charge < -0.3 is 20.5 Å². The summed E-state index contributed by atoms with van der Waals surface area (Å²) in [7, 11) is -3.61. The van der Waals surface area contributed by atoms with E-state index in [-0.39, 0.29) is 10.9 Å². The quantitative estimate of drug-likeness (QED) is 0.722. The van der Waals surface area contributed by atoms with Crippen molar-refractivity contribution in [1.82, 2.24) is 9.62 Å². The molecule has 2 amide bonds. The Kier molecular flexibility index (Phi) is 6.13. The van der Waals surface area contributed by atoms with Crippen molar-refractivity contribution in [3.63, 3.8) is 0 Å². The molecular weight excluding hydrogens is 358 g/mol. The first kappa shape index (κ1) is 19.1. The molecule has 0 radical (unpaired) electrons. The van der Waals surface area contributed by atoms with Crippen LogP contribution in [0.4, 0.5) is 10.5 Å². The van der Waals surface area contributed by atoms with E-state index in [4.69, 9.17) is 4.74 Å². The molecule has 0 unspecified atom stereocenters. The maximum Gasteiger partial charge on any atom is 0.319 e. The summed E-state index contributed by atoms with van der Waals surface area (Å²) in [5.74, 6) is 0. The van der Waals surface area contributed by atoms with Crippen LogP contribution < -0.4 is 10.6 Å². The van der Waals surface area contributed by atoms with Gasteiger partial charge in [-0.05, 0) is 31.0 Å². The van der Waals surface area contributed by atoms with Gasteiger partial charge in [-0.1, -0.05) is 18.9 Å². The van der Waals surface area contributed by atoms with Crippen LogP contribution in [0.3, 0.4) is 0 Å². The highest BCUT2D eigenvalue weighted by Crippen LogP contribution is 2.21. The summed E-state index contributed by atoms with van der Waals surface area (Å²) in [6, 6.07) is 5.47. The van der Waals surface area contributed by atoms with Gasteiger partial charge in [-0.25, -0.2) is 13.2 Å². The number of hydrogen-bond acceptors (Lipinski definition) is 5. The van der Waals surface area contributed by atoms with E-state index in [1.807, 2.05) is 0 Å². The molecule has 9 heteroatoms. The molecule has 1 aromatic rings. The molecule has 8 nitrogen and oxygen atoms in total. The zero-order chi connectivity index (χ0) is 18.6. The molecule has 2 atom stereocenters. The number of morpholine rings is 1. The largest absolute Gasteiger partial charge is 0.391 e. The third-order valence-corrected chi connectivity index (χ3v) is 6.64. The summed E-state index contributed by atoms with van der Waals surface area (Å²) in [5, 5.41) is 15.4. The van der Waals surface area contributed by atoms with Gasteiger partial charge in [0.25, 0.3) is 0 Å². The average Bonchev–Trinajstić information content (AvgIpc) is 2.64. The highest BCUT2D eigenvalue weighted by atomic mass is 32.2. The maximum absolute atomic E-state index is 12.7. The van der Waals surface area contributed by atoms with Crippen LogP contribution in [0, 0.1) is 0 Å². The predicted octanol–water partition coefficient (Wildman–Crippen LogP) is 1.13. The zero-order valence-electron chi connectivity index (χ0n) is 14.6. The van der Waals surface area contributed by atoms with Crippen LogP contribution >= 0.6 is 0 Å². The van der Waals surface area contributed by atoms with E-state index in [1.165, 1.54) is 16.4 Å². The molecule has 1 aliphatic carbocycles. The fourth-order valence-corrected chi connectivity index (χ4v) is 4.74. The SMILES string of the molecule is O=C(Nc1cccc(S(=O)(=O)N2CCOCC2)c1)N[C@H]1CCCC[C@@H]1O. The van der Waals surface area contributed by atoms with E-state index in [2.05, 4.69) is 10.6 Å². The molecule has 0 spiro atoms. The number of nitrogens with zero attached hydrogens (tertiary/aromatic N) is 1. The molecule has 1 saturated carbocycles. The van der Waals surface area contributed by atoms with Gasteiger partial charge in [0.05, 0.1) is 30.3 Å². The second-order valence-corrected chi connectivity index (χ2v) is 8.54. The lowest BCUT2D eigenvalue weighted by molar-refractivity contribution is 0.0730. The van der Waals surface area contributed by atoms with Crippen molar-refractivity contribution in [1.29, 1.82) is 0 Å². The second-order valence-electron chi connectivity index (χ2n) is 6.60. The Morgan fingerprint density at radius 2 is 1.92 bits per heavy atom. The van der Waals surface area contributed by atoms with Crippen molar-refractivity contribution >= 4 is 21.7 Å². The van der Waals surface area contributed by atoms with E-state index in [0.29, 0.717) is 38.4 Å². The highest BCUT2D eigenvalue weighted by Gasteiger charge is 2.27. The molecule has 2 fully saturated rings. The number of sulfonamides is 1. The number of hydrogen-bond donors (Lipinski definition) is 3. The number of nitrogens with one attached hydrogen (secondary N) is 2. The number of aliphatic hydroxyl groups excluding tert-OH is 1. The van der Waals surface area contributed by atoms with E-state index < -0.39 is 22.2 Å². The first-order valence-electron chi connectivity index (χ1n) is 8.90. The monoisotopic (exact) mass is 383 g/mol. The van der Waals surface area contributed by atoms with Crippen LogP contribution in [0.15, 0.2) is 29.2 Å². The Morgan fingerprint density at radius 3 is 2.65 bits per heavy atom. The van der Waals surface area contributed by atoms with Crippen molar-refractivity contribution in [3.8, 4) is 0 Å². The number of amides is 2. The number of anilines is 1. The van der Waals surface area contributed by atoms with E-state index in [9.17, 15) is 18.3 Å². The van der Waals surface area contributed by atoms with Crippen LogP contribution in [0.2, 0.25) is 0 Å². The van der Waals surface area contributed by atoms with Crippen LogP contribution in [0.1, 0.15) is 25.7 Å². The third-order valence-electron chi connectivity index (χ3n) is 4.75. The summed E-state index contributed by atoms with van der Waals surface area (Å²) in [6.07, 6.45) is 2.80. The summed E-state index contributed by atoms with van der Waals surface area (Å²) >= 11 is 0. The Hall–Kier alpha value is -1.68. The molecule has 3 N–H and O–H groups in total. The Morgan fingerprint density at radius 1 is 1.19 bits per heavy atom. The summed E-state index contributed by atoms with van der Waals surface area (Å²) in [4.78, 5) is 12.3. The standard InChI is InChI=1S/C17H25N3O5S/c21-16-7-2-1-6-15(16)19-17(22)18-13-4-3-5-14(12-13)26(23,24)20-8-10-25-11-9-20/h3-5,12,15-16,21H,1-2,6-11H2,(H2,18,19,22)/t15-,16-/m0/s1. The molecule has 0 aromatic heterocycles. The van der Waals surface area contributed by atoms with Crippen LogP contribution in [0.25, 0.3) is 0 Å². The van der Waals surface area contributed by atoms with Crippen LogP contribution in [-0.2, 0) is 14.8 Å². The molecule has 2 aliphatic rings. The van der Waals surface area contributed by atoms with Crippen LogP contribution in [0.5, 0.6) is 0 Å². The van der Waals surface area contributed by atoms with Gasteiger partial charge in [0, 0.05) is 18.8 Å². The van der Waals surface area contributed by atoms with Gasteiger partial charge in [0.1, 0.15) is 0 Å². The second kappa shape index (κ2) is 8.34. The van der Waals surface area contributed by atoms with Crippen LogP contribution in [-0.4, -0.2) is 62.3 Å². The topological polar surface area (TPSA) is 108 Å². The summed E-state index contributed by atoms with van der Waals surface area (Å²) in [5.41, 5.74) is 0.391. The Balaban J connectivity index is 1.66. The van der Waals surface area contributed by atoms with Crippen molar-refractivity contribution in [2.75, 3.05) is 31.6 Å². The maximum atomic E-state index is 12.7. The third kappa shape index (κ3) is 4.53. The predicted molar refractivity (Wildman–Crippen MR) is 96.4 cm³/mol. The zero-order valence-corrected chi connectivity index (χ0v) is 15.4. The first-order valence-corrected chi connectivity index (χ1v) is 10.3. The lowest BCUT2D eigenvalue weighted by Gasteiger charge is -2.28. The molecule has 26 heavy (non-hydrogen) atoms. The number of rotatable bonds is 4. The normalized spacial score (nSPS) is 24.8. The van der Waals surface area contributed by atoms with Gasteiger partial charge in [0.15, 0.2) is 0 Å². The number of urea groups is 1. The molecule has 1 saturated heterocycles. The Bertz CT molecular complexity index is 734. The number of aliphatic hydroxyl groups is 1. The number of benzene rings is 1. The van der Waals surface area contributed by atoms with E-state index in [0.717, 1.165) is 19.3 Å². The van der Waals surface area contributed by atoms with Gasteiger partial charge >= 0.3 is 6.03 Å². The molecule has 3 rings (SSSR count). The van der Waals surface area contributed by atoms with Gasteiger partial charge in [-0.2, -0.15) is 4.31 Å². The van der Waals surface area contributed by atoms with Gasteiger partial charge in [-0.3, -0.25) is 0 Å². The molecule has 144 valence electrons. The van der Waals surface area contributed by atoms with Crippen molar-refractivity contribution in [3.05, 3.63) is 24.3 Å². The summed E-state index contributed by atoms with van der Waals surface area (Å²) < 4.78 is 32.0. The Labute approximate surface area is 153 Å². The first-order chi connectivity index (χ1) is 12.5. The minimum absolute atomic E-state index is 0.134. The average molecular weight is 383 g/mol. The molecular formula is C17H25N3O5S. The fourth-order valence-electron chi connectivity index (χ4n) is 3.29. The number of carbonyl (C=O) groups is 1. The number of carbonyl (C=O) groups excluding carboxylic acids is 1. The summed E-state index contributed by atoms with van der Waals surface area (Å²) in [6.45, 7) is 1.40. The van der Waals surface area contributed by atoms with Gasteiger partial charge in [-0.15, -0.1) is 0 Å². The minimum atomic E-state index is -3.61. The molecule has 1 aliphatic heterocycles. The lowest BCUT2D eigenvalue weighted by Crippen LogP contribution is -2.46. The minimum Gasteiger partial charge on any atom is -0.391 e. The van der Waals surface area contributed by atoms with E-state index >= 15 is 0 Å². The fraction of sp³-hybridized carbons (Fsp3) is 0.588. The smallest absolute Gasteiger partial charge is 0.319 e. The molecule has 0 bridgehead atoms. The van der Waals surface area contributed by atoms with Gasteiger partial charge in [0.2, 0.25) is 10.0 Å². The van der Waals surface area contributed by atoms with Crippen molar-refractivity contribution in [2.24, 2.45) is 0 Å². The van der Waals surface area contributed by atoms with Crippen molar-refractivity contribution < 1.29 is 23.1 Å². The molecule has 1 heterocycles.